The third-order valence-corrected chi connectivity index (χ3v) is 7.14. The zero-order valence-corrected chi connectivity index (χ0v) is 34.1. The molecule has 0 unspecified atom stereocenters. The number of carbonyl (C=O) groups is 2. The van der Waals surface area contributed by atoms with E-state index in [0.29, 0.717) is 25.1 Å². The quantitative estimate of drug-likeness (QED) is 0.0478. The summed E-state index contributed by atoms with van der Waals surface area (Å²) < 4.78 is 0. The van der Waals surface area contributed by atoms with Crippen LogP contribution < -0.4 is 28.2 Å². The van der Waals surface area contributed by atoms with E-state index in [2.05, 4.69) is 169 Å². The summed E-state index contributed by atoms with van der Waals surface area (Å²) in [5.74, 6) is 60.2. The number of nitrogens with two attached hydrogens (primary N) is 3. The fourth-order valence-corrected chi connectivity index (χ4v) is 4.34. The number of hydrogen-bond donors (Lipinski definition) is 5. The van der Waals surface area contributed by atoms with Crippen LogP contribution in [0.4, 0.5) is 5.82 Å². The van der Waals surface area contributed by atoms with Crippen LogP contribution in [0.3, 0.4) is 0 Å². The Labute approximate surface area is 379 Å². The highest BCUT2D eigenvalue weighted by Gasteiger charge is 2.19. The van der Waals surface area contributed by atoms with Gasteiger partial charge in [-0.25, -0.2) is 4.98 Å². The molecule has 326 valence electrons. The number of fused-ring (bicyclic) bond motifs is 1. The highest BCUT2D eigenvalue weighted by Crippen LogP contribution is 2.20. The monoisotopic (exact) mass is 839 g/mol. The third kappa shape index (κ3) is 25.6. The lowest BCUT2D eigenvalue weighted by atomic mass is 10.0. The maximum Gasteiger partial charge on any atom is 0.237 e. The first kappa shape index (κ1) is 50.5. The molecule has 2 atom stereocenters. The molecule has 0 radical (unpaired) electrons. The minimum absolute atomic E-state index is 0. The van der Waals surface area contributed by atoms with Crippen LogP contribution in [0.5, 0.6) is 0 Å². The molecule has 0 aliphatic carbocycles. The molecule has 3 aromatic rings. The first-order valence-electron chi connectivity index (χ1n) is 18.2. The van der Waals surface area contributed by atoms with Crippen molar-refractivity contribution in [3.63, 3.8) is 0 Å². The van der Waals surface area contributed by atoms with Crippen molar-refractivity contribution in [2.75, 3.05) is 5.73 Å². The van der Waals surface area contributed by atoms with E-state index in [1.54, 1.807) is 27.0 Å². The van der Waals surface area contributed by atoms with Crippen molar-refractivity contribution in [3.8, 4) is 130 Å². The summed E-state index contributed by atoms with van der Waals surface area (Å²) in [6.07, 6.45) is 4.90. The van der Waals surface area contributed by atoms with Gasteiger partial charge in [0.05, 0.1) is 22.3 Å². The van der Waals surface area contributed by atoms with Crippen molar-refractivity contribution in [3.05, 3.63) is 82.0 Å². The number of aryl methyl sites for hydroxylation is 2. The second-order valence-electron chi connectivity index (χ2n) is 11.5. The smallest absolute Gasteiger partial charge is 0.237 e. The molecular formula is C49H61N9O4. The van der Waals surface area contributed by atoms with E-state index in [1.807, 2.05) is 42.5 Å². The molecule has 0 aliphatic heterocycles. The van der Waals surface area contributed by atoms with Crippen molar-refractivity contribution in [1.29, 1.82) is 0 Å². The summed E-state index contributed by atoms with van der Waals surface area (Å²) >= 11 is 0. The van der Waals surface area contributed by atoms with Crippen LogP contribution in [0.1, 0.15) is 66.9 Å². The van der Waals surface area contributed by atoms with Crippen molar-refractivity contribution in [1.82, 2.24) is 15.8 Å². The number of hydrogen-bond acceptors (Lipinski definition) is 9. The van der Waals surface area contributed by atoms with Gasteiger partial charge in [0.2, 0.25) is 5.91 Å². The first-order chi connectivity index (χ1) is 30.1. The Hall–Kier alpha value is -9.49. The van der Waals surface area contributed by atoms with Crippen LogP contribution in [0.2, 0.25) is 0 Å². The maximum absolute atomic E-state index is 12.5. The predicted octanol–water partition coefficient (Wildman–Crippen LogP) is 5.95. The van der Waals surface area contributed by atoms with Crippen LogP contribution in [-0.2, 0) is 22.4 Å². The average molecular weight is 840 g/mol. The van der Waals surface area contributed by atoms with Gasteiger partial charge in [0.25, 0.3) is 0 Å². The molecule has 3 rings (SSSR count). The van der Waals surface area contributed by atoms with Crippen LogP contribution in [0, 0.1) is 140 Å². The first-order valence-corrected chi connectivity index (χ1v) is 18.2. The number of pyridine rings is 1. The fraction of sp³-hybridized carbons (Fsp3) is 0.204. The number of benzene rings is 2. The Bertz CT molecular complexity index is 2740. The van der Waals surface area contributed by atoms with E-state index >= 15 is 0 Å². The van der Waals surface area contributed by atoms with Gasteiger partial charge in [-0.15, -0.1) is 0 Å². The highest BCUT2D eigenvalue weighted by atomic mass is 16.7. The molecule has 62 heavy (non-hydrogen) atoms. The molecular weight excluding hydrogens is 779 g/mol. The van der Waals surface area contributed by atoms with Gasteiger partial charge in [-0.05, 0) is 164 Å². The van der Waals surface area contributed by atoms with Crippen molar-refractivity contribution >= 4 is 28.3 Å². The van der Waals surface area contributed by atoms with Gasteiger partial charge in [0.1, 0.15) is 5.82 Å². The fourth-order valence-electron chi connectivity index (χ4n) is 4.34. The Kier molecular flexibility index (Phi) is 27.4. The summed E-state index contributed by atoms with van der Waals surface area (Å²) in [5.41, 5.74) is 15.5. The number of nitrogen functional groups attached to an aromatic ring is 1. The van der Waals surface area contributed by atoms with Crippen LogP contribution >= 0.6 is 0 Å². The zero-order valence-electron chi connectivity index (χ0n) is 34.1. The molecule has 0 fully saturated rings. The number of carbonyl (C=O) groups excluding carboxylic acids is 2. The molecule has 0 saturated heterocycles. The van der Waals surface area contributed by atoms with Crippen molar-refractivity contribution in [2.24, 2.45) is 22.0 Å². The zero-order chi connectivity index (χ0) is 45.5. The number of ketones is 1. The molecule has 0 aliphatic rings. The Morgan fingerprint density at radius 3 is 1.71 bits per heavy atom. The number of nitrogens with one attached hydrogen (secondary N) is 2. The van der Waals surface area contributed by atoms with E-state index in [-0.39, 0.29) is 27.4 Å². The second-order valence-corrected chi connectivity index (χ2v) is 11.5. The number of nitrogens with zero attached hydrogens (tertiary/aromatic N) is 4. The Morgan fingerprint density at radius 2 is 1.26 bits per heavy atom. The normalized spacial score (nSPS) is 9.03. The summed E-state index contributed by atoms with van der Waals surface area (Å²) in [7, 11) is 0. The van der Waals surface area contributed by atoms with Gasteiger partial charge < -0.3 is 26.9 Å². The van der Waals surface area contributed by atoms with E-state index in [0.717, 1.165) is 29.2 Å². The lowest BCUT2D eigenvalue weighted by Crippen LogP contribution is -2.47. The topological polar surface area (TPSA) is 217 Å². The number of Topliss-reactive ketones (excluding diaryl/α,β-unsaturated/α-hetero) is 1. The Morgan fingerprint density at radius 1 is 0.758 bits per heavy atom. The Balaban J connectivity index is -0.0000000927. The SMILES string of the molecule is CC#CC#CC#CC#CC#CC#CC#CC#CC#CC#CC#CC.C[C@H](NC(=O)[C@H](N)CCCc1ccccc1)C(=O)CCc1ccc2c(N)nccc2c1.NN=NN[N+](=O)[O-].[HH].[HH].[HH].[HH].[HH].[HH].[HH].[HH].[HH].[HH].[HH]. The lowest BCUT2D eigenvalue weighted by Gasteiger charge is -2.17. The number of aromatic nitrogens is 1. The van der Waals surface area contributed by atoms with Crippen molar-refractivity contribution < 1.29 is 30.3 Å². The van der Waals surface area contributed by atoms with Gasteiger partial charge >= 0.3 is 0 Å². The average Bonchev–Trinajstić information content (AvgIpc) is 3.27. The minimum Gasteiger partial charge on any atom is -0.383 e. The van der Waals surface area contributed by atoms with Crippen LogP contribution in [-0.4, -0.2) is 33.8 Å². The summed E-state index contributed by atoms with van der Waals surface area (Å²) in [4.78, 5) is 38.2. The second kappa shape index (κ2) is 33.6. The molecule has 0 saturated carbocycles. The van der Waals surface area contributed by atoms with Gasteiger partial charge in [-0.1, -0.05) is 60.4 Å². The van der Waals surface area contributed by atoms with E-state index in [1.165, 1.54) is 11.1 Å². The summed E-state index contributed by atoms with van der Waals surface area (Å²) in [6, 6.07) is 16.7. The molecule has 13 nitrogen and oxygen atoms in total. The molecule has 1 amide bonds. The third-order valence-electron chi connectivity index (χ3n) is 7.14. The van der Waals surface area contributed by atoms with Gasteiger partial charge in [-0.3, -0.25) is 15.4 Å². The standard InChI is InChI=1S/C25H30N4O2.C24H6.H3N5O2.11H2/c1-17(29-25(31)22(26)9-5-8-18-6-3-2-4-7-18)23(30)13-11-19-10-12-21-20(16-19)14-15-28-24(21)27;1-3-5-7-9-11-13-15-17-19-21-23-24-22-20-18-16-14-12-10-8-6-4-2;1-2-3-4-5(6)7;;;;;;;;;;;/h2-4,6-7,10,12,14-17,22H,5,8-9,11,13,26H2,1H3,(H2,27,28)(H,29,31);1-2H3;(H2,1,3)(H,2,4);11*1H/t17-,22+;;;;;;;;;;;;;/m0............./s1. The minimum atomic E-state index is -0.879. The lowest BCUT2D eigenvalue weighted by molar-refractivity contribution is -0.546. The largest absolute Gasteiger partial charge is 0.383 e. The molecule has 13 heteroatoms. The van der Waals surface area contributed by atoms with Gasteiger partial charge in [-0.2, -0.15) is 0 Å². The number of anilines is 1. The highest BCUT2D eigenvalue weighted by molar-refractivity contribution is 5.92. The molecule has 1 heterocycles. The van der Waals surface area contributed by atoms with Gasteiger partial charge in [0, 0.05) is 62.9 Å². The van der Waals surface area contributed by atoms with Crippen LogP contribution in [0.15, 0.2) is 71.2 Å². The molecule has 8 N–H and O–H groups in total. The van der Waals surface area contributed by atoms with E-state index in [4.69, 9.17) is 11.5 Å². The number of hydrazine groups is 1. The van der Waals surface area contributed by atoms with Gasteiger partial charge in [0.15, 0.2) is 11.0 Å². The number of nitro groups is 1. The summed E-state index contributed by atoms with van der Waals surface area (Å²) in [5, 5.41) is 18.2. The number of amides is 1. The maximum atomic E-state index is 12.5. The van der Waals surface area contributed by atoms with E-state index in [9.17, 15) is 19.7 Å². The van der Waals surface area contributed by atoms with Crippen LogP contribution in [0.25, 0.3) is 10.8 Å². The number of rotatable bonds is 12. The van der Waals surface area contributed by atoms with E-state index < -0.39 is 17.1 Å². The molecule has 1 aromatic heterocycles. The molecule has 0 bridgehead atoms. The molecule has 2 aromatic carbocycles. The van der Waals surface area contributed by atoms with Crippen molar-refractivity contribution in [2.45, 2.75) is 65.0 Å². The predicted molar refractivity (Wildman–Crippen MR) is 264 cm³/mol. The summed E-state index contributed by atoms with van der Waals surface area (Å²) in [6.45, 7) is 5.11. The molecule has 0 spiro atoms.